The largest absolute Gasteiger partial charge is 0.357 e. The molecule has 18 heavy (non-hydrogen) atoms. The third-order valence-electron chi connectivity index (χ3n) is 2.77. The van der Waals surface area contributed by atoms with E-state index in [1.807, 2.05) is 6.92 Å². The van der Waals surface area contributed by atoms with E-state index in [-0.39, 0.29) is 5.69 Å². The van der Waals surface area contributed by atoms with Crippen molar-refractivity contribution in [3.8, 4) is 11.4 Å². The molecule has 0 unspecified atom stereocenters. The minimum absolute atomic E-state index is 0.0459. The van der Waals surface area contributed by atoms with Gasteiger partial charge in [-0.2, -0.15) is 0 Å². The molecule has 0 bridgehead atoms. The number of hydrogen-bond acceptors (Lipinski definition) is 5. The Kier molecular flexibility index (Phi) is 2.97. The lowest BCUT2D eigenvalue weighted by Gasteiger charge is -2.06. The van der Waals surface area contributed by atoms with Crippen LogP contribution < -0.4 is 5.32 Å². The third kappa shape index (κ3) is 1.90. The van der Waals surface area contributed by atoms with E-state index >= 15 is 0 Å². The van der Waals surface area contributed by atoms with Gasteiger partial charge in [0.15, 0.2) is 5.82 Å². The number of hydrogen-bond donors (Lipinski definition) is 1. The normalized spacial score (nSPS) is 10.4. The monoisotopic (exact) mass is 247 g/mol. The number of nitrogens with zero attached hydrogens (tertiary/aromatic N) is 4. The number of aryl methyl sites for hydroxylation is 1. The number of aromatic nitrogens is 3. The molecule has 1 aromatic carbocycles. The molecule has 2 rings (SSSR count). The SMILES string of the molecule is CNc1nnc(-c2cc([N+](=O)[O-])ccc2C)n1C. The van der Waals surface area contributed by atoms with Crippen molar-refractivity contribution < 1.29 is 4.92 Å². The quantitative estimate of drug-likeness (QED) is 0.659. The Balaban J connectivity index is 2.59. The Morgan fingerprint density at radius 3 is 2.67 bits per heavy atom. The highest BCUT2D eigenvalue weighted by molar-refractivity contribution is 5.65. The molecule has 0 amide bonds. The summed E-state index contributed by atoms with van der Waals surface area (Å²) >= 11 is 0. The molecule has 0 saturated carbocycles. The molecule has 0 radical (unpaired) electrons. The van der Waals surface area contributed by atoms with Crippen LogP contribution in [0.4, 0.5) is 11.6 Å². The fourth-order valence-electron chi connectivity index (χ4n) is 1.75. The van der Waals surface area contributed by atoms with Crippen LogP contribution in [0.15, 0.2) is 18.2 Å². The van der Waals surface area contributed by atoms with Crippen molar-refractivity contribution in [1.29, 1.82) is 0 Å². The minimum atomic E-state index is -0.418. The summed E-state index contributed by atoms with van der Waals surface area (Å²) in [5.41, 5.74) is 1.67. The fraction of sp³-hybridized carbons (Fsp3) is 0.273. The lowest BCUT2D eigenvalue weighted by Crippen LogP contribution is -2.00. The number of benzene rings is 1. The average Bonchev–Trinajstić information content (AvgIpc) is 2.70. The predicted octanol–water partition coefficient (Wildman–Crippen LogP) is 1.74. The number of nitro benzene ring substituents is 1. The standard InChI is InChI=1S/C11H13N5O2/c1-7-4-5-8(16(17)18)6-9(7)10-13-14-11(12-2)15(10)3/h4-6H,1-3H3,(H,12,14). The smallest absolute Gasteiger partial charge is 0.270 e. The molecule has 0 spiro atoms. The first-order valence-corrected chi connectivity index (χ1v) is 5.37. The Labute approximate surface area is 104 Å². The molecular formula is C11H13N5O2. The van der Waals surface area contributed by atoms with Gasteiger partial charge in [-0.05, 0) is 12.5 Å². The maximum Gasteiger partial charge on any atom is 0.270 e. The molecule has 0 aliphatic carbocycles. The molecule has 1 aromatic heterocycles. The highest BCUT2D eigenvalue weighted by atomic mass is 16.6. The van der Waals surface area contributed by atoms with Crippen molar-refractivity contribution in [3.05, 3.63) is 33.9 Å². The molecule has 7 nitrogen and oxygen atoms in total. The summed E-state index contributed by atoms with van der Waals surface area (Å²) in [4.78, 5) is 10.4. The summed E-state index contributed by atoms with van der Waals surface area (Å²) in [7, 11) is 3.55. The van der Waals surface area contributed by atoms with Gasteiger partial charge in [-0.1, -0.05) is 6.07 Å². The van der Waals surface area contributed by atoms with Crippen LogP contribution in [0.25, 0.3) is 11.4 Å². The molecule has 0 aliphatic heterocycles. The Morgan fingerprint density at radius 2 is 2.11 bits per heavy atom. The van der Waals surface area contributed by atoms with Gasteiger partial charge in [0.1, 0.15) is 0 Å². The van der Waals surface area contributed by atoms with Gasteiger partial charge in [-0.25, -0.2) is 0 Å². The molecule has 7 heteroatoms. The second kappa shape index (κ2) is 4.44. The van der Waals surface area contributed by atoms with Gasteiger partial charge in [0.25, 0.3) is 5.69 Å². The van der Waals surface area contributed by atoms with Crippen LogP contribution >= 0.6 is 0 Å². The summed E-state index contributed by atoms with van der Waals surface area (Å²) in [5.74, 6) is 1.21. The first kappa shape index (κ1) is 12.0. The number of nitro groups is 1. The van der Waals surface area contributed by atoms with Crippen molar-refractivity contribution in [2.45, 2.75) is 6.92 Å². The molecule has 0 fully saturated rings. The number of non-ortho nitro benzene ring substituents is 1. The van der Waals surface area contributed by atoms with Crippen molar-refractivity contribution in [2.24, 2.45) is 7.05 Å². The van der Waals surface area contributed by atoms with Crippen molar-refractivity contribution in [1.82, 2.24) is 14.8 Å². The second-order valence-electron chi connectivity index (χ2n) is 3.91. The van der Waals surface area contributed by atoms with Crippen molar-refractivity contribution >= 4 is 11.6 Å². The van der Waals surface area contributed by atoms with E-state index in [1.54, 1.807) is 24.7 Å². The van der Waals surface area contributed by atoms with Crippen LogP contribution in [0.1, 0.15) is 5.56 Å². The van der Waals surface area contributed by atoms with E-state index in [2.05, 4.69) is 15.5 Å². The molecular weight excluding hydrogens is 234 g/mol. The van der Waals surface area contributed by atoms with Crippen LogP contribution in [0.3, 0.4) is 0 Å². The number of rotatable bonds is 3. The zero-order chi connectivity index (χ0) is 13.3. The number of anilines is 1. The zero-order valence-corrected chi connectivity index (χ0v) is 10.3. The van der Waals surface area contributed by atoms with E-state index < -0.39 is 4.92 Å². The van der Waals surface area contributed by atoms with E-state index in [0.717, 1.165) is 5.56 Å². The average molecular weight is 247 g/mol. The molecule has 94 valence electrons. The van der Waals surface area contributed by atoms with Gasteiger partial charge >= 0.3 is 0 Å². The highest BCUT2D eigenvalue weighted by Crippen LogP contribution is 2.26. The maximum atomic E-state index is 10.8. The first-order valence-electron chi connectivity index (χ1n) is 5.37. The summed E-state index contributed by atoms with van der Waals surface area (Å²) < 4.78 is 1.76. The van der Waals surface area contributed by atoms with Gasteiger partial charge in [0, 0.05) is 31.8 Å². The lowest BCUT2D eigenvalue weighted by molar-refractivity contribution is -0.384. The Hall–Kier alpha value is -2.44. The second-order valence-corrected chi connectivity index (χ2v) is 3.91. The van der Waals surface area contributed by atoms with Gasteiger partial charge < -0.3 is 5.32 Å². The third-order valence-corrected chi connectivity index (χ3v) is 2.77. The lowest BCUT2D eigenvalue weighted by atomic mass is 10.1. The van der Waals surface area contributed by atoms with Gasteiger partial charge in [0.2, 0.25) is 5.95 Å². The van der Waals surface area contributed by atoms with Gasteiger partial charge in [0.05, 0.1) is 4.92 Å². The summed E-state index contributed by atoms with van der Waals surface area (Å²) in [6.45, 7) is 1.88. The topological polar surface area (TPSA) is 85.9 Å². The first-order chi connectivity index (χ1) is 8.54. The highest BCUT2D eigenvalue weighted by Gasteiger charge is 2.15. The predicted molar refractivity (Wildman–Crippen MR) is 67.4 cm³/mol. The van der Waals surface area contributed by atoms with Crippen molar-refractivity contribution in [3.63, 3.8) is 0 Å². The summed E-state index contributed by atoms with van der Waals surface area (Å²) in [5, 5.41) is 21.7. The van der Waals surface area contributed by atoms with E-state index in [1.165, 1.54) is 12.1 Å². The minimum Gasteiger partial charge on any atom is -0.357 e. The van der Waals surface area contributed by atoms with E-state index in [0.29, 0.717) is 17.3 Å². The molecule has 2 aromatic rings. The summed E-state index contributed by atoms with van der Waals surface area (Å²) in [6, 6.07) is 4.70. The Morgan fingerprint density at radius 1 is 1.39 bits per heavy atom. The van der Waals surface area contributed by atoms with Crippen LogP contribution in [0, 0.1) is 17.0 Å². The zero-order valence-electron chi connectivity index (χ0n) is 10.3. The van der Waals surface area contributed by atoms with Crippen molar-refractivity contribution in [2.75, 3.05) is 12.4 Å². The molecule has 1 heterocycles. The molecule has 0 saturated heterocycles. The van der Waals surface area contributed by atoms with Crippen LogP contribution in [0.2, 0.25) is 0 Å². The van der Waals surface area contributed by atoms with Gasteiger partial charge in [-0.3, -0.25) is 14.7 Å². The van der Waals surface area contributed by atoms with E-state index in [9.17, 15) is 10.1 Å². The Bertz CT molecular complexity index is 605. The molecule has 1 N–H and O–H groups in total. The van der Waals surface area contributed by atoms with Crippen LogP contribution in [-0.2, 0) is 7.05 Å². The molecule has 0 atom stereocenters. The van der Waals surface area contributed by atoms with Crippen LogP contribution in [0.5, 0.6) is 0 Å². The fourth-order valence-corrected chi connectivity index (χ4v) is 1.75. The molecule has 0 aliphatic rings. The van der Waals surface area contributed by atoms with Gasteiger partial charge in [-0.15, -0.1) is 10.2 Å². The van der Waals surface area contributed by atoms with E-state index in [4.69, 9.17) is 0 Å². The number of nitrogens with one attached hydrogen (secondary N) is 1. The van der Waals surface area contributed by atoms with Crippen LogP contribution in [-0.4, -0.2) is 26.7 Å². The maximum absolute atomic E-state index is 10.8. The summed E-state index contributed by atoms with van der Waals surface area (Å²) in [6.07, 6.45) is 0.